The van der Waals surface area contributed by atoms with Crippen molar-refractivity contribution in [2.24, 2.45) is 0 Å². The van der Waals surface area contributed by atoms with Crippen molar-refractivity contribution in [2.75, 3.05) is 6.54 Å². The van der Waals surface area contributed by atoms with Crippen LogP contribution >= 0.6 is 0 Å². The molecule has 2 aromatic rings. The molecule has 2 heteroatoms. The molecule has 3 rings (SSSR count). The molecule has 0 aliphatic heterocycles. The molecule has 1 aliphatic rings. The molecule has 0 saturated heterocycles. The number of hydrogen-bond acceptors (Lipinski definition) is 2. The van der Waals surface area contributed by atoms with Gasteiger partial charge in [-0.05, 0) is 61.1 Å². The second-order valence-electron chi connectivity index (χ2n) is 6.02. The second kappa shape index (κ2) is 6.40. The van der Waals surface area contributed by atoms with Crippen LogP contribution in [0.25, 0.3) is 0 Å². The predicted octanol–water partition coefficient (Wildman–Crippen LogP) is 3.77. The minimum atomic E-state index is 0.358. The van der Waals surface area contributed by atoms with E-state index in [9.17, 15) is 0 Å². The van der Waals surface area contributed by atoms with E-state index in [-0.39, 0.29) is 0 Å². The van der Waals surface area contributed by atoms with E-state index in [0.29, 0.717) is 6.04 Å². The minimum absolute atomic E-state index is 0.358. The van der Waals surface area contributed by atoms with Crippen molar-refractivity contribution in [1.29, 1.82) is 0 Å². The number of fused-ring (bicyclic) bond motifs is 1. The summed E-state index contributed by atoms with van der Waals surface area (Å²) in [7, 11) is 0. The van der Waals surface area contributed by atoms with Crippen molar-refractivity contribution in [3.05, 3.63) is 64.5 Å². The fourth-order valence-corrected chi connectivity index (χ4v) is 3.19. The summed E-state index contributed by atoms with van der Waals surface area (Å²) in [5.41, 5.74) is 6.87. The molecule has 2 nitrogen and oxygen atoms in total. The molecular weight excluding hydrogens is 256 g/mol. The van der Waals surface area contributed by atoms with Crippen molar-refractivity contribution >= 4 is 0 Å². The zero-order valence-corrected chi connectivity index (χ0v) is 13.0. The molecule has 0 saturated carbocycles. The van der Waals surface area contributed by atoms with Crippen molar-refractivity contribution in [3.63, 3.8) is 0 Å². The first kappa shape index (κ1) is 14.3. The van der Waals surface area contributed by atoms with E-state index in [1.165, 1.54) is 30.4 Å². The molecule has 21 heavy (non-hydrogen) atoms. The maximum atomic E-state index is 4.56. The number of likely N-dealkylation sites (N-methyl/N-ethyl adjacent to an activating group) is 1. The van der Waals surface area contributed by atoms with Crippen LogP contribution in [-0.4, -0.2) is 11.5 Å². The van der Waals surface area contributed by atoms with E-state index in [2.05, 4.69) is 54.5 Å². The summed E-state index contributed by atoms with van der Waals surface area (Å²) in [6.45, 7) is 5.23. The summed E-state index contributed by atoms with van der Waals surface area (Å²) in [5.74, 6) is 0. The standard InChI is InChI=1S/C19H24N2/c1-3-20-19(12-18-10-7-14(2)13-21-18)17-9-8-15-5-4-6-16(15)11-17/h7-11,13,19-20H,3-6,12H2,1-2H3. The van der Waals surface area contributed by atoms with Gasteiger partial charge in [-0.3, -0.25) is 4.98 Å². The van der Waals surface area contributed by atoms with E-state index < -0.39 is 0 Å². The topological polar surface area (TPSA) is 24.9 Å². The lowest BCUT2D eigenvalue weighted by molar-refractivity contribution is 0.543. The second-order valence-corrected chi connectivity index (χ2v) is 6.02. The SMILES string of the molecule is CCNC(Cc1ccc(C)cn1)c1ccc2c(c1)CCC2. The number of nitrogens with zero attached hydrogens (tertiary/aromatic N) is 1. The van der Waals surface area contributed by atoms with Crippen LogP contribution in [0.4, 0.5) is 0 Å². The highest BCUT2D eigenvalue weighted by molar-refractivity contribution is 5.37. The van der Waals surface area contributed by atoms with Gasteiger partial charge in [0, 0.05) is 24.4 Å². The Morgan fingerprint density at radius 2 is 2.00 bits per heavy atom. The smallest absolute Gasteiger partial charge is 0.0422 e. The fraction of sp³-hybridized carbons (Fsp3) is 0.421. The molecule has 1 atom stereocenters. The first-order chi connectivity index (χ1) is 10.3. The molecule has 1 aromatic carbocycles. The minimum Gasteiger partial charge on any atom is -0.310 e. The molecule has 0 spiro atoms. The van der Waals surface area contributed by atoms with Gasteiger partial charge in [0.1, 0.15) is 0 Å². The Bertz CT molecular complexity index is 601. The zero-order chi connectivity index (χ0) is 14.7. The highest BCUT2D eigenvalue weighted by Gasteiger charge is 2.16. The van der Waals surface area contributed by atoms with E-state index in [1.54, 1.807) is 11.1 Å². The van der Waals surface area contributed by atoms with Gasteiger partial charge in [-0.15, -0.1) is 0 Å². The van der Waals surface area contributed by atoms with Crippen LogP contribution < -0.4 is 5.32 Å². The molecular formula is C19H24N2. The van der Waals surface area contributed by atoms with Crippen molar-refractivity contribution in [2.45, 2.75) is 45.6 Å². The van der Waals surface area contributed by atoms with Crippen LogP contribution in [0.1, 0.15) is 47.3 Å². The molecule has 1 heterocycles. The Hall–Kier alpha value is -1.67. The lowest BCUT2D eigenvalue weighted by Gasteiger charge is -2.19. The molecule has 1 unspecified atom stereocenters. The van der Waals surface area contributed by atoms with Crippen molar-refractivity contribution < 1.29 is 0 Å². The highest BCUT2D eigenvalue weighted by atomic mass is 14.9. The van der Waals surface area contributed by atoms with Gasteiger partial charge in [-0.1, -0.05) is 31.2 Å². The van der Waals surface area contributed by atoms with E-state index in [1.807, 2.05) is 6.20 Å². The largest absolute Gasteiger partial charge is 0.310 e. The number of nitrogens with one attached hydrogen (secondary N) is 1. The van der Waals surface area contributed by atoms with Gasteiger partial charge in [0.25, 0.3) is 0 Å². The van der Waals surface area contributed by atoms with Gasteiger partial charge < -0.3 is 5.32 Å². The average Bonchev–Trinajstić information content (AvgIpc) is 2.96. The van der Waals surface area contributed by atoms with Crippen LogP contribution in [0.5, 0.6) is 0 Å². The summed E-state index contributed by atoms with van der Waals surface area (Å²) in [4.78, 5) is 4.56. The van der Waals surface area contributed by atoms with Crippen molar-refractivity contribution in [1.82, 2.24) is 10.3 Å². The van der Waals surface area contributed by atoms with E-state index >= 15 is 0 Å². The fourth-order valence-electron chi connectivity index (χ4n) is 3.19. The van der Waals surface area contributed by atoms with Gasteiger partial charge >= 0.3 is 0 Å². The van der Waals surface area contributed by atoms with Crippen LogP contribution in [0.2, 0.25) is 0 Å². The third-order valence-corrected chi connectivity index (χ3v) is 4.36. The Kier molecular flexibility index (Phi) is 4.35. The number of aromatic nitrogens is 1. The van der Waals surface area contributed by atoms with Gasteiger partial charge in [-0.25, -0.2) is 0 Å². The summed E-state index contributed by atoms with van der Waals surface area (Å²) < 4.78 is 0. The first-order valence-corrected chi connectivity index (χ1v) is 8.03. The lowest BCUT2D eigenvalue weighted by Crippen LogP contribution is -2.23. The van der Waals surface area contributed by atoms with Crippen molar-refractivity contribution in [3.8, 4) is 0 Å². The van der Waals surface area contributed by atoms with Gasteiger partial charge in [0.15, 0.2) is 0 Å². The molecule has 1 aromatic heterocycles. The molecule has 0 radical (unpaired) electrons. The van der Waals surface area contributed by atoms with Crippen LogP contribution in [0, 0.1) is 6.92 Å². The van der Waals surface area contributed by atoms with E-state index in [0.717, 1.165) is 18.7 Å². The van der Waals surface area contributed by atoms with Gasteiger partial charge in [-0.2, -0.15) is 0 Å². The van der Waals surface area contributed by atoms with Crippen LogP contribution in [0.3, 0.4) is 0 Å². The Labute approximate surface area is 127 Å². The third kappa shape index (κ3) is 3.33. The highest BCUT2D eigenvalue weighted by Crippen LogP contribution is 2.26. The normalized spacial score (nSPS) is 15.0. The third-order valence-electron chi connectivity index (χ3n) is 4.36. The van der Waals surface area contributed by atoms with Gasteiger partial charge in [0.05, 0.1) is 0 Å². The maximum absolute atomic E-state index is 4.56. The number of pyridine rings is 1. The predicted molar refractivity (Wildman–Crippen MR) is 87.6 cm³/mol. The summed E-state index contributed by atoms with van der Waals surface area (Å²) >= 11 is 0. The molecule has 0 fully saturated rings. The number of benzene rings is 1. The zero-order valence-electron chi connectivity index (χ0n) is 13.0. The molecule has 1 aliphatic carbocycles. The number of aryl methyl sites for hydroxylation is 3. The molecule has 0 amide bonds. The summed E-state index contributed by atoms with van der Waals surface area (Å²) in [6, 6.07) is 11.7. The van der Waals surface area contributed by atoms with Gasteiger partial charge in [0.2, 0.25) is 0 Å². The molecule has 0 bridgehead atoms. The summed E-state index contributed by atoms with van der Waals surface area (Å²) in [6.07, 6.45) is 6.71. The van der Waals surface area contributed by atoms with E-state index in [4.69, 9.17) is 0 Å². The number of rotatable bonds is 5. The Balaban J connectivity index is 1.82. The first-order valence-electron chi connectivity index (χ1n) is 8.03. The monoisotopic (exact) mass is 280 g/mol. The molecule has 1 N–H and O–H groups in total. The average molecular weight is 280 g/mol. The maximum Gasteiger partial charge on any atom is 0.0422 e. The molecule has 110 valence electrons. The summed E-state index contributed by atoms with van der Waals surface area (Å²) in [5, 5.41) is 3.61. The number of hydrogen-bond donors (Lipinski definition) is 1. The lowest BCUT2D eigenvalue weighted by atomic mass is 9.97. The quantitative estimate of drug-likeness (QED) is 0.901. The van der Waals surface area contributed by atoms with Crippen LogP contribution in [-0.2, 0) is 19.3 Å². The Morgan fingerprint density at radius 3 is 2.76 bits per heavy atom. The Morgan fingerprint density at radius 1 is 1.14 bits per heavy atom. The van der Waals surface area contributed by atoms with Crippen LogP contribution in [0.15, 0.2) is 36.5 Å².